The van der Waals surface area contributed by atoms with Gasteiger partial charge < -0.3 is 5.32 Å². The van der Waals surface area contributed by atoms with Crippen molar-refractivity contribution in [1.82, 2.24) is 4.98 Å². The molecule has 0 aliphatic carbocycles. The van der Waals surface area contributed by atoms with E-state index in [0.717, 1.165) is 5.13 Å². The van der Waals surface area contributed by atoms with E-state index in [-0.39, 0.29) is 0 Å². The number of anilines is 1. The monoisotopic (exact) mass is 220 g/mol. The van der Waals surface area contributed by atoms with Crippen LogP contribution >= 0.6 is 34.7 Å². The minimum atomic E-state index is 0.591. The summed E-state index contributed by atoms with van der Waals surface area (Å²) in [6.45, 7) is 0. The molecule has 1 aliphatic rings. The van der Waals surface area contributed by atoms with E-state index < -0.39 is 0 Å². The minimum absolute atomic E-state index is 0.591. The fourth-order valence-corrected chi connectivity index (χ4v) is 3.21. The number of nitrogens with one attached hydrogen (secondary N) is 1. The summed E-state index contributed by atoms with van der Waals surface area (Å²) in [6, 6.07) is 0.595. The van der Waals surface area contributed by atoms with Crippen molar-refractivity contribution in [2.24, 2.45) is 0 Å². The SMILES string of the molecule is Clc1csc(NC2CCSC2)n1. The fraction of sp³-hybridized carbons (Fsp3) is 0.571. The first-order valence-corrected chi connectivity index (χ1v) is 6.21. The Balaban J connectivity index is 1.94. The average molecular weight is 221 g/mol. The maximum Gasteiger partial charge on any atom is 0.184 e. The molecule has 2 nitrogen and oxygen atoms in total. The van der Waals surface area contributed by atoms with Crippen LogP contribution in [0.4, 0.5) is 5.13 Å². The van der Waals surface area contributed by atoms with E-state index in [4.69, 9.17) is 11.6 Å². The van der Waals surface area contributed by atoms with E-state index in [1.54, 1.807) is 11.3 Å². The van der Waals surface area contributed by atoms with Crippen LogP contribution in [-0.4, -0.2) is 22.5 Å². The quantitative estimate of drug-likeness (QED) is 0.830. The number of aromatic nitrogens is 1. The van der Waals surface area contributed by atoms with Gasteiger partial charge in [-0.25, -0.2) is 4.98 Å². The molecule has 0 radical (unpaired) electrons. The van der Waals surface area contributed by atoms with Gasteiger partial charge in [0, 0.05) is 17.2 Å². The normalized spacial score (nSPS) is 22.9. The van der Waals surface area contributed by atoms with E-state index in [1.807, 2.05) is 17.1 Å². The maximum absolute atomic E-state index is 5.70. The number of nitrogens with zero attached hydrogens (tertiary/aromatic N) is 1. The van der Waals surface area contributed by atoms with E-state index in [9.17, 15) is 0 Å². The van der Waals surface area contributed by atoms with Gasteiger partial charge in [-0.2, -0.15) is 11.8 Å². The number of thioether (sulfide) groups is 1. The summed E-state index contributed by atoms with van der Waals surface area (Å²) >= 11 is 9.26. The Morgan fingerprint density at radius 2 is 2.58 bits per heavy atom. The molecule has 2 heterocycles. The van der Waals surface area contributed by atoms with Crippen LogP contribution in [0, 0.1) is 0 Å². The van der Waals surface area contributed by atoms with E-state index in [2.05, 4.69) is 10.3 Å². The zero-order chi connectivity index (χ0) is 8.39. The van der Waals surface area contributed by atoms with Crippen LogP contribution in [0.2, 0.25) is 5.15 Å². The van der Waals surface area contributed by atoms with Gasteiger partial charge >= 0.3 is 0 Å². The Morgan fingerprint density at radius 1 is 1.67 bits per heavy atom. The number of hydrogen-bond donors (Lipinski definition) is 1. The summed E-state index contributed by atoms with van der Waals surface area (Å²) in [5, 5.41) is 6.76. The molecule has 12 heavy (non-hydrogen) atoms. The predicted octanol–water partition coefficient (Wildman–Crippen LogP) is 2.71. The Labute approximate surface area is 84.7 Å². The van der Waals surface area contributed by atoms with Crippen LogP contribution in [0.3, 0.4) is 0 Å². The third-order valence-corrected chi connectivity index (χ3v) is 3.99. The lowest BCUT2D eigenvalue weighted by molar-refractivity contribution is 0.811. The Bertz CT molecular complexity index is 258. The van der Waals surface area contributed by atoms with Crippen molar-refractivity contribution in [3.63, 3.8) is 0 Å². The average Bonchev–Trinajstić information content (AvgIpc) is 2.63. The van der Waals surface area contributed by atoms with Crippen molar-refractivity contribution >= 4 is 39.8 Å². The van der Waals surface area contributed by atoms with Crippen molar-refractivity contribution in [2.45, 2.75) is 12.5 Å². The second-order valence-corrected chi connectivity index (χ2v) is 5.08. The molecular formula is C7H9ClN2S2. The van der Waals surface area contributed by atoms with Gasteiger partial charge in [-0.3, -0.25) is 0 Å². The Hall–Kier alpha value is 0.0700. The van der Waals surface area contributed by atoms with Crippen LogP contribution in [0.25, 0.3) is 0 Å². The predicted molar refractivity (Wildman–Crippen MR) is 56.5 cm³/mol. The number of halogens is 1. The second kappa shape index (κ2) is 3.85. The molecule has 0 aromatic carbocycles. The number of rotatable bonds is 2. The van der Waals surface area contributed by atoms with Gasteiger partial charge in [0.1, 0.15) is 5.15 Å². The van der Waals surface area contributed by atoms with Gasteiger partial charge in [0.15, 0.2) is 5.13 Å². The van der Waals surface area contributed by atoms with Crippen molar-refractivity contribution in [1.29, 1.82) is 0 Å². The van der Waals surface area contributed by atoms with Crippen molar-refractivity contribution in [2.75, 3.05) is 16.8 Å². The molecule has 2 rings (SSSR count). The Morgan fingerprint density at radius 3 is 3.17 bits per heavy atom. The van der Waals surface area contributed by atoms with Crippen LogP contribution in [-0.2, 0) is 0 Å². The molecular weight excluding hydrogens is 212 g/mol. The summed E-state index contributed by atoms with van der Waals surface area (Å²) in [7, 11) is 0. The van der Waals surface area contributed by atoms with E-state index in [1.165, 1.54) is 17.9 Å². The summed E-state index contributed by atoms with van der Waals surface area (Å²) < 4.78 is 0. The summed E-state index contributed by atoms with van der Waals surface area (Å²) in [4.78, 5) is 4.14. The zero-order valence-corrected chi connectivity index (χ0v) is 8.81. The number of thiazole rings is 1. The largest absolute Gasteiger partial charge is 0.358 e. The molecule has 66 valence electrons. The number of hydrogen-bond acceptors (Lipinski definition) is 4. The molecule has 1 fully saturated rings. The molecule has 1 aromatic heterocycles. The van der Waals surface area contributed by atoms with Crippen LogP contribution < -0.4 is 5.32 Å². The molecule has 1 atom stereocenters. The van der Waals surface area contributed by atoms with Gasteiger partial charge in [0.25, 0.3) is 0 Å². The lowest BCUT2D eigenvalue weighted by Crippen LogP contribution is -2.17. The molecule has 1 aromatic rings. The molecule has 1 unspecified atom stereocenters. The van der Waals surface area contributed by atoms with Gasteiger partial charge in [0.2, 0.25) is 0 Å². The van der Waals surface area contributed by atoms with Crippen molar-refractivity contribution < 1.29 is 0 Å². The molecule has 0 saturated carbocycles. The first-order chi connectivity index (χ1) is 5.84. The standard InChI is InChI=1S/C7H9ClN2S2/c8-6-4-12-7(10-6)9-5-1-2-11-3-5/h4-5H,1-3H2,(H,9,10). The summed E-state index contributed by atoms with van der Waals surface area (Å²) in [5.74, 6) is 2.45. The van der Waals surface area contributed by atoms with Gasteiger partial charge in [-0.1, -0.05) is 11.6 Å². The third kappa shape index (κ3) is 2.06. The first kappa shape index (κ1) is 8.66. The van der Waals surface area contributed by atoms with Gasteiger partial charge in [-0.15, -0.1) is 11.3 Å². The lowest BCUT2D eigenvalue weighted by Gasteiger charge is -2.08. The van der Waals surface area contributed by atoms with E-state index in [0.29, 0.717) is 11.2 Å². The summed E-state index contributed by atoms with van der Waals surface area (Å²) in [6.07, 6.45) is 1.24. The zero-order valence-electron chi connectivity index (χ0n) is 6.42. The highest BCUT2D eigenvalue weighted by molar-refractivity contribution is 7.99. The lowest BCUT2D eigenvalue weighted by atomic mass is 10.3. The van der Waals surface area contributed by atoms with E-state index >= 15 is 0 Å². The molecule has 1 saturated heterocycles. The van der Waals surface area contributed by atoms with Gasteiger partial charge in [-0.05, 0) is 12.2 Å². The van der Waals surface area contributed by atoms with Crippen LogP contribution in [0.1, 0.15) is 6.42 Å². The van der Waals surface area contributed by atoms with Gasteiger partial charge in [0.05, 0.1) is 0 Å². The molecule has 1 aliphatic heterocycles. The third-order valence-electron chi connectivity index (χ3n) is 1.73. The highest BCUT2D eigenvalue weighted by atomic mass is 35.5. The highest BCUT2D eigenvalue weighted by Crippen LogP contribution is 2.24. The van der Waals surface area contributed by atoms with Crippen LogP contribution in [0.15, 0.2) is 5.38 Å². The molecule has 0 bridgehead atoms. The Kier molecular flexibility index (Phi) is 2.78. The second-order valence-electron chi connectivity index (χ2n) is 2.68. The fourth-order valence-electron chi connectivity index (χ4n) is 1.14. The highest BCUT2D eigenvalue weighted by Gasteiger charge is 2.15. The molecule has 5 heteroatoms. The van der Waals surface area contributed by atoms with Crippen LogP contribution in [0.5, 0.6) is 0 Å². The first-order valence-electron chi connectivity index (χ1n) is 3.80. The minimum Gasteiger partial charge on any atom is -0.358 e. The smallest absolute Gasteiger partial charge is 0.184 e. The molecule has 1 N–H and O–H groups in total. The summed E-state index contributed by atoms with van der Waals surface area (Å²) in [5.41, 5.74) is 0. The van der Waals surface area contributed by atoms with Crippen molar-refractivity contribution in [3.05, 3.63) is 10.5 Å². The molecule has 0 amide bonds. The maximum atomic E-state index is 5.70. The topological polar surface area (TPSA) is 24.9 Å². The molecule has 0 spiro atoms. The van der Waals surface area contributed by atoms with Crippen molar-refractivity contribution in [3.8, 4) is 0 Å².